The van der Waals surface area contributed by atoms with Gasteiger partial charge in [0, 0.05) is 0 Å². The van der Waals surface area contributed by atoms with Gasteiger partial charge >= 0.3 is 0 Å². The topological polar surface area (TPSA) is 0 Å². The lowest BCUT2D eigenvalue weighted by Gasteiger charge is -2.08. The maximum atomic E-state index is 2.38. The summed E-state index contributed by atoms with van der Waals surface area (Å²) in [5.41, 5.74) is 2.67. The van der Waals surface area contributed by atoms with Crippen LogP contribution in [0.15, 0.2) is 30.3 Å². The Morgan fingerprint density at radius 3 is 2.75 bits per heavy atom. The summed E-state index contributed by atoms with van der Waals surface area (Å²) in [6.07, 6.45) is 9.88. The van der Waals surface area contributed by atoms with Crippen LogP contribution in [0.2, 0.25) is 0 Å². The van der Waals surface area contributed by atoms with Crippen LogP contribution in [0.25, 0.3) is 6.08 Å². The van der Waals surface area contributed by atoms with E-state index in [9.17, 15) is 0 Å². The summed E-state index contributed by atoms with van der Waals surface area (Å²) in [5, 5.41) is 0. The van der Waals surface area contributed by atoms with Crippen molar-refractivity contribution in [3.63, 3.8) is 0 Å². The molecule has 0 fully saturated rings. The molecule has 0 amide bonds. The van der Waals surface area contributed by atoms with E-state index in [4.69, 9.17) is 0 Å². The summed E-state index contributed by atoms with van der Waals surface area (Å²) in [5.74, 6) is 0.750. The molecule has 0 aliphatic rings. The summed E-state index contributed by atoms with van der Waals surface area (Å²) >= 11 is 0. The highest BCUT2D eigenvalue weighted by Gasteiger charge is 2.00. The van der Waals surface area contributed by atoms with Crippen LogP contribution in [0.5, 0.6) is 0 Å². The van der Waals surface area contributed by atoms with Gasteiger partial charge in [0.05, 0.1) is 0 Å². The molecular formula is C15H23B. The molecule has 0 radical (unpaired) electrons. The van der Waals surface area contributed by atoms with E-state index in [1.807, 2.05) is 0 Å². The fourth-order valence-electron chi connectivity index (χ4n) is 1.92. The molecule has 0 aliphatic carbocycles. The van der Waals surface area contributed by atoms with Crippen molar-refractivity contribution in [3.8, 4) is 0 Å². The number of hydrogen-bond donors (Lipinski definition) is 0. The molecule has 0 saturated heterocycles. The van der Waals surface area contributed by atoms with Crippen LogP contribution in [-0.4, -0.2) is 7.85 Å². The third-order valence-electron chi connectivity index (χ3n) is 3.06. The van der Waals surface area contributed by atoms with Gasteiger partial charge in [0.15, 0.2) is 0 Å². The second-order valence-corrected chi connectivity index (χ2v) is 4.58. The average molecular weight is 214 g/mol. The van der Waals surface area contributed by atoms with E-state index >= 15 is 0 Å². The second kappa shape index (κ2) is 7.32. The Bertz CT molecular complexity index is 328. The number of benzene rings is 1. The minimum Gasteiger partial charge on any atom is -0.0884 e. The minimum absolute atomic E-state index is 0.750. The highest BCUT2D eigenvalue weighted by atomic mass is 14.1. The molecule has 0 spiro atoms. The highest BCUT2D eigenvalue weighted by Crippen LogP contribution is 2.15. The Kier molecular flexibility index (Phi) is 5.99. The standard InChI is InChI=1S/C15H23B/c1-3-5-7-13(4-2)10-11-14-8-6-9-15(16)12-14/h6,8-13H,3-5,7,16H2,1-2H3/b11-10+. The molecule has 1 heteroatoms. The molecule has 0 aromatic heterocycles. The monoisotopic (exact) mass is 214 g/mol. The smallest absolute Gasteiger partial charge is 0.0884 e. The Labute approximate surface area is 101 Å². The van der Waals surface area contributed by atoms with Crippen molar-refractivity contribution in [1.82, 2.24) is 0 Å². The Balaban J connectivity index is 2.56. The molecule has 1 atom stereocenters. The van der Waals surface area contributed by atoms with Gasteiger partial charge in [-0.15, -0.1) is 0 Å². The van der Waals surface area contributed by atoms with Crippen molar-refractivity contribution in [2.75, 3.05) is 0 Å². The Morgan fingerprint density at radius 1 is 1.31 bits per heavy atom. The van der Waals surface area contributed by atoms with Crippen molar-refractivity contribution < 1.29 is 0 Å². The first-order valence-electron chi connectivity index (χ1n) is 6.51. The minimum atomic E-state index is 0.750. The van der Waals surface area contributed by atoms with E-state index in [2.05, 4.69) is 58.1 Å². The number of allylic oxidation sites excluding steroid dienone is 1. The van der Waals surface area contributed by atoms with Crippen LogP contribution in [0.3, 0.4) is 0 Å². The van der Waals surface area contributed by atoms with Crippen LogP contribution in [0.1, 0.15) is 45.1 Å². The normalized spacial score (nSPS) is 13.1. The van der Waals surface area contributed by atoms with Crippen molar-refractivity contribution in [2.24, 2.45) is 5.92 Å². The molecule has 1 aromatic rings. The molecule has 0 heterocycles. The second-order valence-electron chi connectivity index (χ2n) is 4.58. The van der Waals surface area contributed by atoms with Gasteiger partial charge in [0.2, 0.25) is 0 Å². The number of unbranched alkanes of at least 4 members (excludes halogenated alkanes) is 1. The third kappa shape index (κ3) is 4.70. The van der Waals surface area contributed by atoms with Gasteiger partial charge < -0.3 is 0 Å². The highest BCUT2D eigenvalue weighted by molar-refractivity contribution is 6.32. The zero-order valence-corrected chi connectivity index (χ0v) is 10.9. The van der Waals surface area contributed by atoms with Crippen molar-refractivity contribution in [3.05, 3.63) is 35.9 Å². The summed E-state index contributed by atoms with van der Waals surface area (Å²) in [6, 6.07) is 8.69. The molecule has 0 nitrogen and oxygen atoms in total. The molecule has 0 aliphatic heterocycles. The molecule has 0 saturated carbocycles. The fraction of sp³-hybridized carbons (Fsp3) is 0.467. The lowest BCUT2D eigenvalue weighted by molar-refractivity contribution is 0.542. The molecule has 16 heavy (non-hydrogen) atoms. The molecule has 1 unspecified atom stereocenters. The fourth-order valence-corrected chi connectivity index (χ4v) is 1.92. The van der Waals surface area contributed by atoms with Gasteiger partial charge in [-0.3, -0.25) is 0 Å². The quantitative estimate of drug-likeness (QED) is 0.638. The maximum Gasteiger partial charge on any atom is 0.139 e. The SMILES string of the molecule is Bc1cccc(/C=C/C(CC)CCCC)c1. The average Bonchev–Trinajstić information content (AvgIpc) is 2.29. The molecule has 86 valence electrons. The van der Waals surface area contributed by atoms with Crippen LogP contribution < -0.4 is 5.46 Å². The van der Waals surface area contributed by atoms with Gasteiger partial charge in [0.1, 0.15) is 7.85 Å². The van der Waals surface area contributed by atoms with Gasteiger partial charge in [0.25, 0.3) is 0 Å². The molecule has 1 rings (SSSR count). The summed E-state index contributed by atoms with van der Waals surface area (Å²) in [7, 11) is 2.14. The van der Waals surface area contributed by atoms with Crippen LogP contribution >= 0.6 is 0 Å². The van der Waals surface area contributed by atoms with Crippen molar-refractivity contribution in [2.45, 2.75) is 39.5 Å². The van der Waals surface area contributed by atoms with E-state index in [1.165, 1.54) is 36.7 Å². The first kappa shape index (κ1) is 13.1. The lowest BCUT2D eigenvalue weighted by atomic mass is 9.93. The molecule has 0 N–H and O–H groups in total. The van der Waals surface area contributed by atoms with E-state index in [1.54, 1.807) is 0 Å². The maximum absolute atomic E-state index is 2.38. The van der Waals surface area contributed by atoms with Gasteiger partial charge in [-0.2, -0.15) is 0 Å². The summed E-state index contributed by atoms with van der Waals surface area (Å²) < 4.78 is 0. The predicted octanol–water partition coefficient (Wildman–Crippen LogP) is 3.17. The van der Waals surface area contributed by atoms with E-state index in [0.717, 1.165) is 5.92 Å². The molecule has 1 aromatic carbocycles. The summed E-state index contributed by atoms with van der Waals surface area (Å²) in [4.78, 5) is 0. The molecular weight excluding hydrogens is 191 g/mol. The number of rotatable bonds is 6. The Morgan fingerprint density at radius 2 is 2.12 bits per heavy atom. The van der Waals surface area contributed by atoms with E-state index < -0.39 is 0 Å². The Hall–Kier alpha value is -0.975. The predicted molar refractivity (Wildman–Crippen MR) is 77.0 cm³/mol. The molecule has 0 bridgehead atoms. The van der Waals surface area contributed by atoms with E-state index in [-0.39, 0.29) is 0 Å². The number of hydrogen-bond acceptors (Lipinski definition) is 0. The van der Waals surface area contributed by atoms with Crippen LogP contribution in [0, 0.1) is 5.92 Å². The summed E-state index contributed by atoms with van der Waals surface area (Å²) in [6.45, 7) is 4.54. The third-order valence-corrected chi connectivity index (χ3v) is 3.06. The van der Waals surface area contributed by atoms with Gasteiger partial charge in [-0.1, -0.05) is 68.6 Å². The van der Waals surface area contributed by atoms with Gasteiger partial charge in [-0.25, -0.2) is 0 Å². The van der Waals surface area contributed by atoms with Crippen molar-refractivity contribution >= 4 is 19.4 Å². The lowest BCUT2D eigenvalue weighted by Crippen LogP contribution is -2.00. The van der Waals surface area contributed by atoms with Gasteiger partial charge in [-0.05, 0) is 24.3 Å². The van der Waals surface area contributed by atoms with E-state index in [0.29, 0.717) is 0 Å². The zero-order chi connectivity index (χ0) is 11.8. The zero-order valence-electron chi connectivity index (χ0n) is 10.9. The van der Waals surface area contributed by atoms with Crippen molar-refractivity contribution in [1.29, 1.82) is 0 Å². The largest absolute Gasteiger partial charge is 0.139 e. The van der Waals surface area contributed by atoms with Crippen LogP contribution in [-0.2, 0) is 0 Å². The van der Waals surface area contributed by atoms with Crippen LogP contribution in [0.4, 0.5) is 0 Å². The first-order valence-corrected chi connectivity index (χ1v) is 6.51. The first-order chi connectivity index (χ1) is 7.76.